The fraction of sp³-hybridized carbons (Fsp3) is 0.650. The Hall–Kier alpha value is -1.60. The number of rotatable bonds is 4. The average molecular weight is 392 g/mol. The van der Waals surface area contributed by atoms with Gasteiger partial charge >= 0.3 is 0 Å². The number of hydrogen-bond donors (Lipinski definition) is 0. The minimum Gasteiger partial charge on any atom is -0.346 e. The first-order valence-corrected chi connectivity index (χ1v) is 11.8. The van der Waals surface area contributed by atoms with Gasteiger partial charge < -0.3 is 9.47 Å². The van der Waals surface area contributed by atoms with E-state index in [2.05, 4.69) is 29.4 Å². The van der Waals surface area contributed by atoms with Gasteiger partial charge in [0.2, 0.25) is 5.91 Å². The molecule has 0 bridgehead atoms. The molecule has 7 heteroatoms. The molecule has 3 fully saturated rings. The molecule has 148 valence electrons. The summed E-state index contributed by atoms with van der Waals surface area (Å²) in [7, 11) is -2.86. The van der Waals surface area contributed by atoms with E-state index in [1.165, 1.54) is 24.2 Å². The first-order chi connectivity index (χ1) is 12.8. The van der Waals surface area contributed by atoms with E-state index in [1.807, 2.05) is 11.0 Å². The molecular formula is C20H29N3O3S. The average Bonchev–Trinajstić information content (AvgIpc) is 3.34. The minimum atomic E-state index is -2.86. The number of hydrogen-bond acceptors (Lipinski definition) is 4. The molecule has 2 saturated heterocycles. The monoisotopic (exact) mass is 391 g/mol. The topological polar surface area (TPSA) is 62.6 Å². The zero-order valence-corrected chi connectivity index (χ0v) is 17.0. The van der Waals surface area contributed by atoms with Crippen LogP contribution in [-0.2, 0) is 14.6 Å². The number of carbonyl (C=O) groups excluding carboxylic acids is 1. The zero-order valence-electron chi connectivity index (χ0n) is 16.2. The molecular weight excluding hydrogens is 362 g/mol. The third kappa shape index (κ3) is 3.99. The van der Waals surface area contributed by atoms with Gasteiger partial charge in [0.15, 0.2) is 9.84 Å². The van der Waals surface area contributed by atoms with Crippen molar-refractivity contribution in [3.63, 3.8) is 0 Å². The second-order valence-electron chi connectivity index (χ2n) is 8.18. The molecule has 27 heavy (non-hydrogen) atoms. The van der Waals surface area contributed by atoms with Crippen molar-refractivity contribution in [1.82, 2.24) is 14.4 Å². The van der Waals surface area contributed by atoms with Crippen molar-refractivity contribution in [2.24, 2.45) is 0 Å². The van der Waals surface area contributed by atoms with Gasteiger partial charge in [-0.25, -0.2) is 8.42 Å². The first kappa shape index (κ1) is 18.7. The summed E-state index contributed by atoms with van der Waals surface area (Å²) < 4.78 is 25.7. The summed E-state index contributed by atoms with van der Waals surface area (Å²) in [5.41, 5.74) is 3.64. The molecule has 1 saturated carbocycles. The van der Waals surface area contributed by atoms with Gasteiger partial charge in [0.05, 0.1) is 11.5 Å². The molecule has 1 unspecified atom stereocenters. The Labute approximate surface area is 161 Å². The van der Waals surface area contributed by atoms with Gasteiger partial charge in [0.1, 0.15) is 0 Å². The normalized spacial score (nSPS) is 26.1. The van der Waals surface area contributed by atoms with E-state index in [4.69, 9.17) is 0 Å². The van der Waals surface area contributed by atoms with Crippen LogP contribution < -0.4 is 0 Å². The van der Waals surface area contributed by atoms with Crippen molar-refractivity contribution in [3.05, 3.63) is 29.1 Å². The quantitative estimate of drug-likeness (QED) is 0.734. The smallest absolute Gasteiger partial charge is 0.246 e. The molecule has 1 atom stereocenters. The number of aromatic nitrogens is 1. The van der Waals surface area contributed by atoms with Gasteiger partial charge in [0, 0.05) is 55.7 Å². The summed E-state index contributed by atoms with van der Waals surface area (Å²) in [6, 6.07) is 2.95. The van der Waals surface area contributed by atoms with Crippen LogP contribution in [0.15, 0.2) is 12.1 Å². The fourth-order valence-corrected chi connectivity index (χ4v) is 6.26. The number of carbonyl (C=O) groups is 1. The molecule has 6 nitrogen and oxygen atoms in total. The molecule has 1 aromatic rings. The highest BCUT2D eigenvalue weighted by Gasteiger charge is 2.34. The van der Waals surface area contributed by atoms with Crippen LogP contribution in [0.1, 0.15) is 42.3 Å². The number of sulfone groups is 1. The van der Waals surface area contributed by atoms with Crippen LogP contribution in [0.2, 0.25) is 0 Å². The van der Waals surface area contributed by atoms with E-state index >= 15 is 0 Å². The molecule has 1 aromatic heterocycles. The second-order valence-corrected chi connectivity index (χ2v) is 10.4. The van der Waals surface area contributed by atoms with Crippen LogP contribution in [0.25, 0.3) is 6.08 Å². The van der Waals surface area contributed by atoms with Gasteiger partial charge in [-0.2, -0.15) is 0 Å². The molecule has 1 aliphatic carbocycles. The van der Waals surface area contributed by atoms with E-state index in [0.29, 0.717) is 24.9 Å². The molecule has 3 heterocycles. The number of amides is 1. The van der Waals surface area contributed by atoms with Gasteiger partial charge in [-0.1, -0.05) is 0 Å². The summed E-state index contributed by atoms with van der Waals surface area (Å²) in [6.45, 7) is 7.12. The Balaban J connectivity index is 1.33. The second kappa shape index (κ2) is 7.09. The van der Waals surface area contributed by atoms with Crippen molar-refractivity contribution >= 4 is 21.8 Å². The Kier molecular flexibility index (Phi) is 4.93. The van der Waals surface area contributed by atoms with Crippen molar-refractivity contribution in [1.29, 1.82) is 0 Å². The number of piperazine rings is 1. The van der Waals surface area contributed by atoms with E-state index < -0.39 is 9.84 Å². The Morgan fingerprint density at radius 3 is 2.37 bits per heavy atom. The number of aryl methyl sites for hydroxylation is 1. The highest BCUT2D eigenvalue weighted by atomic mass is 32.2. The van der Waals surface area contributed by atoms with Crippen molar-refractivity contribution < 1.29 is 13.2 Å². The van der Waals surface area contributed by atoms with Crippen molar-refractivity contribution in [2.75, 3.05) is 37.7 Å². The summed E-state index contributed by atoms with van der Waals surface area (Å²) in [5.74, 6) is 0.626. The standard InChI is InChI=1S/C20H29N3O3S/c1-15-13-17(16(2)23(15)18-4-5-18)3-6-20(24)22-10-8-21(9-11-22)19-7-12-27(25,26)14-19/h3,6,13,18-19H,4-5,7-12,14H2,1-2H3/b6-3+. The Morgan fingerprint density at radius 2 is 1.78 bits per heavy atom. The van der Waals surface area contributed by atoms with E-state index in [0.717, 1.165) is 25.1 Å². The largest absolute Gasteiger partial charge is 0.346 e. The minimum absolute atomic E-state index is 0.0462. The molecule has 3 aliphatic rings. The van der Waals surface area contributed by atoms with Crippen LogP contribution in [0.5, 0.6) is 0 Å². The molecule has 0 spiro atoms. The summed E-state index contributed by atoms with van der Waals surface area (Å²) in [5, 5.41) is 0. The van der Waals surface area contributed by atoms with E-state index in [1.54, 1.807) is 6.08 Å². The lowest BCUT2D eigenvalue weighted by Crippen LogP contribution is -2.52. The SMILES string of the molecule is Cc1cc(/C=C/C(=O)N2CCN(C3CCS(=O)(=O)C3)CC2)c(C)n1C1CC1. The third-order valence-corrected chi connectivity index (χ3v) is 7.94. The van der Waals surface area contributed by atoms with Crippen LogP contribution in [0, 0.1) is 13.8 Å². The van der Waals surface area contributed by atoms with Gasteiger partial charge in [-0.15, -0.1) is 0 Å². The highest BCUT2D eigenvalue weighted by molar-refractivity contribution is 7.91. The van der Waals surface area contributed by atoms with Crippen molar-refractivity contribution in [3.8, 4) is 0 Å². The molecule has 0 aromatic carbocycles. The maximum absolute atomic E-state index is 12.6. The van der Waals surface area contributed by atoms with Crippen LogP contribution in [0.3, 0.4) is 0 Å². The first-order valence-electron chi connectivity index (χ1n) is 9.94. The van der Waals surface area contributed by atoms with Gasteiger partial charge in [-0.05, 0) is 50.8 Å². The highest BCUT2D eigenvalue weighted by Crippen LogP contribution is 2.38. The lowest BCUT2D eigenvalue weighted by Gasteiger charge is -2.37. The van der Waals surface area contributed by atoms with Crippen LogP contribution >= 0.6 is 0 Å². The lowest BCUT2D eigenvalue weighted by atomic mass is 10.2. The predicted molar refractivity (Wildman–Crippen MR) is 106 cm³/mol. The van der Waals surface area contributed by atoms with Gasteiger partial charge in [-0.3, -0.25) is 9.69 Å². The van der Waals surface area contributed by atoms with E-state index in [9.17, 15) is 13.2 Å². The summed E-state index contributed by atoms with van der Waals surface area (Å²) >= 11 is 0. The molecule has 4 rings (SSSR count). The van der Waals surface area contributed by atoms with Crippen molar-refractivity contribution in [2.45, 2.75) is 45.2 Å². The number of nitrogens with zero attached hydrogens (tertiary/aromatic N) is 3. The maximum Gasteiger partial charge on any atom is 0.246 e. The molecule has 1 amide bonds. The van der Waals surface area contributed by atoms with E-state index in [-0.39, 0.29) is 17.7 Å². The molecule has 2 aliphatic heterocycles. The Bertz CT molecular complexity index is 859. The van der Waals surface area contributed by atoms with Crippen LogP contribution in [0.4, 0.5) is 0 Å². The third-order valence-electron chi connectivity index (χ3n) is 6.19. The maximum atomic E-state index is 12.6. The fourth-order valence-electron chi connectivity index (χ4n) is 4.50. The molecule has 0 N–H and O–H groups in total. The summed E-state index contributed by atoms with van der Waals surface area (Å²) in [6.07, 6.45) is 6.87. The Morgan fingerprint density at radius 1 is 1.07 bits per heavy atom. The lowest BCUT2D eigenvalue weighted by molar-refractivity contribution is -0.127. The van der Waals surface area contributed by atoms with Crippen LogP contribution in [-0.4, -0.2) is 72.4 Å². The predicted octanol–water partition coefficient (Wildman–Crippen LogP) is 1.78. The van der Waals surface area contributed by atoms with Gasteiger partial charge in [0.25, 0.3) is 0 Å². The molecule has 0 radical (unpaired) electrons. The zero-order chi connectivity index (χ0) is 19.2. The summed E-state index contributed by atoms with van der Waals surface area (Å²) in [4.78, 5) is 16.7.